The number of hydrogen-bond donors (Lipinski definition) is 0. The fourth-order valence-electron chi connectivity index (χ4n) is 7.80. The maximum atomic E-state index is 12.8. The zero-order chi connectivity index (χ0) is 52.9. The fraction of sp³-hybridized carbons (Fsp3) is 0.627. The van der Waals surface area contributed by atoms with Crippen molar-refractivity contribution in [1.29, 1.82) is 0 Å². The number of ether oxygens (including phenoxy) is 3. The number of carbonyl (C=O) groups excluding carboxylic acids is 3. The van der Waals surface area contributed by atoms with Crippen molar-refractivity contribution in [1.82, 2.24) is 0 Å². The van der Waals surface area contributed by atoms with E-state index in [9.17, 15) is 14.4 Å². The molecule has 0 radical (unpaired) electrons. The van der Waals surface area contributed by atoms with Crippen LogP contribution < -0.4 is 0 Å². The van der Waals surface area contributed by atoms with Gasteiger partial charge in [-0.25, -0.2) is 0 Å². The average Bonchev–Trinajstić information content (AvgIpc) is 3.39. The molecule has 1 atom stereocenters. The summed E-state index contributed by atoms with van der Waals surface area (Å²) in [5.41, 5.74) is 0. The molecule has 0 fully saturated rings. The van der Waals surface area contributed by atoms with E-state index < -0.39 is 6.10 Å². The first-order chi connectivity index (χ1) is 36.0. The quantitative estimate of drug-likeness (QED) is 0.0261. The van der Waals surface area contributed by atoms with Crippen molar-refractivity contribution in [2.45, 2.75) is 258 Å². The van der Waals surface area contributed by atoms with Crippen LogP contribution in [0.2, 0.25) is 0 Å². The van der Waals surface area contributed by atoms with Gasteiger partial charge in [0.25, 0.3) is 0 Å². The summed E-state index contributed by atoms with van der Waals surface area (Å²) >= 11 is 0. The zero-order valence-corrected chi connectivity index (χ0v) is 47.1. The molecule has 0 aliphatic rings. The third kappa shape index (κ3) is 58.3. The van der Waals surface area contributed by atoms with Crippen molar-refractivity contribution < 1.29 is 28.6 Å². The maximum Gasteiger partial charge on any atom is 0.306 e. The van der Waals surface area contributed by atoms with Crippen LogP contribution >= 0.6 is 0 Å². The molecule has 412 valence electrons. The van der Waals surface area contributed by atoms with Crippen molar-refractivity contribution in [2.75, 3.05) is 13.2 Å². The molecular formula is C67H108O6. The third-order valence-electron chi connectivity index (χ3n) is 12.2. The molecule has 0 spiro atoms. The highest BCUT2D eigenvalue weighted by Gasteiger charge is 2.19. The van der Waals surface area contributed by atoms with E-state index in [0.717, 1.165) is 96.3 Å². The number of esters is 3. The Morgan fingerprint density at radius 3 is 0.904 bits per heavy atom. The van der Waals surface area contributed by atoms with E-state index in [1.165, 1.54) is 103 Å². The van der Waals surface area contributed by atoms with E-state index in [1.54, 1.807) is 0 Å². The summed E-state index contributed by atoms with van der Waals surface area (Å²) in [7, 11) is 0. The summed E-state index contributed by atoms with van der Waals surface area (Å²) in [5, 5.41) is 0. The van der Waals surface area contributed by atoms with Crippen molar-refractivity contribution in [3.63, 3.8) is 0 Å². The van der Waals surface area contributed by atoms with E-state index >= 15 is 0 Å². The van der Waals surface area contributed by atoms with Gasteiger partial charge in [-0.2, -0.15) is 0 Å². The first-order valence-corrected chi connectivity index (χ1v) is 29.7. The first kappa shape index (κ1) is 68.6. The zero-order valence-electron chi connectivity index (χ0n) is 47.1. The van der Waals surface area contributed by atoms with Crippen molar-refractivity contribution in [2.24, 2.45) is 0 Å². The van der Waals surface area contributed by atoms with Gasteiger partial charge < -0.3 is 14.2 Å². The molecule has 0 aromatic rings. The molecule has 0 N–H and O–H groups in total. The third-order valence-corrected chi connectivity index (χ3v) is 12.2. The summed E-state index contributed by atoms with van der Waals surface area (Å²) in [6.07, 6.45) is 84.7. The second-order valence-corrected chi connectivity index (χ2v) is 19.1. The Morgan fingerprint density at radius 2 is 0.562 bits per heavy atom. The fourth-order valence-corrected chi connectivity index (χ4v) is 7.80. The highest BCUT2D eigenvalue weighted by Crippen LogP contribution is 2.16. The minimum absolute atomic E-state index is 0.126. The molecule has 0 aromatic heterocycles. The standard InChI is InChI=1S/C67H108O6/c1-4-7-10-13-16-19-22-25-28-31-33-36-38-41-44-47-50-53-56-59-65(68)71-62-64(73-67(70)61-58-55-52-49-46-43-40-35-30-27-24-21-18-15-12-9-6-3)63-72-66(69)60-57-54-51-48-45-42-39-37-34-32-29-26-23-20-17-14-11-8-5-2/h7,9-10,12,16,18-19,21,25,27-28,30,33,36,40-41,43-44,49-50,52-53,64H,4-6,8,11,13-15,17,20,22-24,26,29,31-32,34-35,37-39,42,45-48,51,54-63H2,1-3H3/b10-7-,12-9-,19-16-,21-18-,28-25-,30-27-,36-33-,43-40-,44-41-,52-49-,53-50-/t64-/m1/s1. The molecule has 0 saturated heterocycles. The lowest BCUT2D eigenvalue weighted by atomic mass is 10.0. The number of carbonyl (C=O) groups is 3. The first-order valence-electron chi connectivity index (χ1n) is 29.7. The van der Waals surface area contributed by atoms with Crippen molar-refractivity contribution in [3.05, 3.63) is 134 Å². The molecule has 0 unspecified atom stereocenters. The molecule has 0 saturated carbocycles. The molecule has 0 amide bonds. The van der Waals surface area contributed by atoms with Crippen LogP contribution in [0.4, 0.5) is 0 Å². The highest BCUT2D eigenvalue weighted by molar-refractivity contribution is 5.71. The normalized spacial score (nSPS) is 13.1. The second-order valence-electron chi connectivity index (χ2n) is 19.1. The molecule has 73 heavy (non-hydrogen) atoms. The lowest BCUT2D eigenvalue weighted by Crippen LogP contribution is -2.30. The summed E-state index contributed by atoms with van der Waals surface area (Å²) in [5.74, 6) is -1.07. The minimum Gasteiger partial charge on any atom is -0.462 e. The number of unbranched alkanes of at least 4 members (excludes halogenated alkanes) is 19. The van der Waals surface area contributed by atoms with Crippen molar-refractivity contribution in [3.8, 4) is 0 Å². The molecule has 6 nitrogen and oxygen atoms in total. The minimum atomic E-state index is -0.843. The van der Waals surface area contributed by atoms with E-state index in [4.69, 9.17) is 14.2 Å². The predicted molar refractivity (Wildman–Crippen MR) is 316 cm³/mol. The van der Waals surface area contributed by atoms with Gasteiger partial charge >= 0.3 is 17.9 Å². The Kier molecular flexibility index (Phi) is 56.4. The predicted octanol–water partition coefficient (Wildman–Crippen LogP) is 20.2. The van der Waals surface area contributed by atoms with Gasteiger partial charge in [0.05, 0.1) is 0 Å². The summed E-state index contributed by atoms with van der Waals surface area (Å²) in [6, 6.07) is 0. The van der Waals surface area contributed by atoms with Crippen LogP contribution in [0.1, 0.15) is 252 Å². The van der Waals surface area contributed by atoms with Crippen LogP contribution in [0.3, 0.4) is 0 Å². The maximum absolute atomic E-state index is 12.8. The van der Waals surface area contributed by atoms with Gasteiger partial charge in [0.1, 0.15) is 13.2 Å². The van der Waals surface area contributed by atoms with Gasteiger partial charge in [-0.1, -0.05) is 270 Å². The molecule has 0 aliphatic heterocycles. The lowest BCUT2D eigenvalue weighted by molar-refractivity contribution is -0.166. The Balaban J connectivity index is 4.57. The van der Waals surface area contributed by atoms with Crippen LogP contribution in [0, 0.1) is 0 Å². The van der Waals surface area contributed by atoms with Crippen LogP contribution in [-0.4, -0.2) is 37.2 Å². The summed E-state index contributed by atoms with van der Waals surface area (Å²) in [4.78, 5) is 38.2. The Labute approximate surface area is 449 Å². The smallest absolute Gasteiger partial charge is 0.306 e. The molecule has 0 rings (SSSR count). The molecule has 6 heteroatoms. The molecule has 0 aliphatic carbocycles. The van der Waals surface area contributed by atoms with Crippen LogP contribution in [0.15, 0.2) is 134 Å². The largest absolute Gasteiger partial charge is 0.462 e. The van der Waals surface area contributed by atoms with Gasteiger partial charge in [-0.3, -0.25) is 14.4 Å². The van der Waals surface area contributed by atoms with E-state index in [-0.39, 0.29) is 44.0 Å². The topological polar surface area (TPSA) is 78.9 Å². The monoisotopic (exact) mass is 1010 g/mol. The SMILES string of the molecule is CC/C=C\C/C=C\C/C=C\C/C=C\C/C=C\C/C=C\CCC(=O)OC[C@H](COC(=O)CCCCCCCCCCCCCCCCCCCCC)OC(=O)CCC/C=C\C/C=C\C/C=C\C/C=C\C/C=C\CC. The van der Waals surface area contributed by atoms with E-state index in [0.29, 0.717) is 19.3 Å². The second kappa shape index (κ2) is 60.1. The molecular weight excluding hydrogens is 901 g/mol. The van der Waals surface area contributed by atoms with Crippen molar-refractivity contribution >= 4 is 17.9 Å². The Hall–Kier alpha value is -4.45. The molecule has 0 aromatic carbocycles. The lowest BCUT2D eigenvalue weighted by Gasteiger charge is -2.18. The van der Waals surface area contributed by atoms with Gasteiger partial charge in [0.2, 0.25) is 0 Å². The van der Waals surface area contributed by atoms with Crippen LogP contribution in [0.5, 0.6) is 0 Å². The van der Waals surface area contributed by atoms with E-state index in [1.807, 2.05) is 12.2 Å². The number of rotatable bonds is 52. The Morgan fingerprint density at radius 1 is 0.288 bits per heavy atom. The molecule has 0 heterocycles. The van der Waals surface area contributed by atoms with Gasteiger partial charge in [0, 0.05) is 19.3 Å². The van der Waals surface area contributed by atoms with Crippen LogP contribution in [-0.2, 0) is 28.6 Å². The van der Waals surface area contributed by atoms with Gasteiger partial charge in [-0.15, -0.1) is 0 Å². The number of hydrogen-bond acceptors (Lipinski definition) is 6. The molecule has 0 bridgehead atoms. The van der Waals surface area contributed by atoms with Crippen LogP contribution in [0.25, 0.3) is 0 Å². The number of allylic oxidation sites excluding steroid dienone is 22. The summed E-state index contributed by atoms with van der Waals surface area (Å²) in [6.45, 7) is 6.31. The average molecular weight is 1010 g/mol. The van der Waals surface area contributed by atoms with E-state index in [2.05, 4.69) is 142 Å². The van der Waals surface area contributed by atoms with Gasteiger partial charge in [-0.05, 0) is 96.3 Å². The Bertz CT molecular complexity index is 1580. The highest BCUT2D eigenvalue weighted by atomic mass is 16.6. The van der Waals surface area contributed by atoms with Gasteiger partial charge in [0.15, 0.2) is 6.10 Å². The summed E-state index contributed by atoms with van der Waals surface area (Å²) < 4.78 is 16.8.